The van der Waals surface area contributed by atoms with Crippen LogP contribution in [0.2, 0.25) is 0 Å². The van der Waals surface area contributed by atoms with Gasteiger partial charge in [-0.05, 0) is 55.7 Å². The van der Waals surface area contributed by atoms with E-state index >= 15 is 0 Å². The van der Waals surface area contributed by atoms with Gasteiger partial charge >= 0.3 is 0 Å². The predicted molar refractivity (Wildman–Crippen MR) is 112 cm³/mol. The van der Waals surface area contributed by atoms with Crippen LogP contribution in [-0.2, 0) is 16.4 Å². The summed E-state index contributed by atoms with van der Waals surface area (Å²) >= 11 is 0. The van der Waals surface area contributed by atoms with Crippen LogP contribution in [0.3, 0.4) is 0 Å². The van der Waals surface area contributed by atoms with E-state index < -0.39 is 16.1 Å². The number of imidazole rings is 1. The highest BCUT2D eigenvalue weighted by Crippen LogP contribution is 2.36. The van der Waals surface area contributed by atoms with Crippen LogP contribution in [0.25, 0.3) is 11.0 Å². The zero-order chi connectivity index (χ0) is 20.0. The van der Waals surface area contributed by atoms with Crippen LogP contribution in [0.4, 0.5) is 0 Å². The lowest BCUT2D eigenvalue weighted by molar-refractivity contribution is 0.167. The van der Waals surface area contributed by atoms with E-state index in [2.05, 4.69) is 4.98 Å². The molecule has 0 aliphatic carbocycles. The van der Waals surface area contributed by atoms with Crippen molar-refractivity contribution in [3.8, 4) is 5.75 Å². The van der Waals surface area contributed by atoms with Crippen molar-refractivity contribution < 1.29 is 13.2 Å². The Morgan fingerprint density at radius 3 is 2.52 bits per heavy atom. The number of hydrogen-bond donors (Lipinski definition) is 0. The Hall–Kier alpha value is -3.12. The molecule has 29 heavy (non-hydrogen) atoms. The van der Waals surface area contributed by atoms with Crippen molar-refractivity contribution in [1.82, 2.24) is 8.96 Å². The first-order valence-electron chi connectivity index (χ1n) is 9.58. The number of para-hydroxylation sites is 3. The SMILES string of the molecule is Cc1ccc(S(=O)(=O)n2c(C3CCc4ccccc4O3)nc3ccccc32)cc1. The molecule has 0 amide bonds. The second-order valence-corrected chi connectivity index (χ2v) is 9.08. The quantitative estimate of drug-likeness (QED) is 0.499. The fourth-order valence-corrected chi connectivity index (χ4v) is 5.31. The molecule has 1 aromatic heterocycles. The standard InChI is InChI=1S/C23H20N2O3S/c1-16-10-13-18(14-11-16)29(26,27)25-20-8-4-3-7-19(20)24-23(25)22-15-12-17-6-2-5-9-21(17)28-22/h2-11,13-14,22H,12,15H2,1H3. The molecule has 4 aromatic rings. The van der Waals surface area contributed by atoms with E-state index in [1.807, 2.05) is 49.4 Å². The lowest BCUT2D eigenvalue weighted by Crippen LogP contribution is -2.23. The molecule has 1 aliphatic rings. The minimum Gasteiger partial charge on any atom is -0.482 e. The van der Waals surface area contributed by atoms with Gasteiger partial charge in [0.2, 0.25) is 0 Å². The summed E-state index contributed by atoms with van der Waals surface area (Å²) in [7, 11) is -3.82. The van der Waals surface area contributed by atoms with Gasteiger partial charge in [-0.15, -0.1) is 0 Å². The summed E-state index contributed by atoms with van der Waals surface area (Å²) in [5.74, 6) is 1.20. The molecule has 0 saturated heterocycles. The summed E-state index contributed by atoms with van der Waals surface area (Å²) in [5, 5.41) is 0. The molecule has 1 unspecified atom stereocenters. The molecule has 0 N–H and O–H groups in total. The summed E-state index contributed by atoms with van der Waals surface area (Å²) in [4.78, 5) is 4.92. The van der Waals surface area contributed by atoms with Gasteiger partial charge in [0.25, 0.3) is 10.0 Å². The molecule has 146 valence electrons. The van der Waals surface area contributed by atoms with Gasteiger partial charge < -0.3 is 4.74 Å². The first kappa shape index (κ1) is 17.9. The molecule has 0 fully saturated rings. The number of ether oxygens (including phenoxy) is 1. The molecule has 0 saturated carbocycles. The predicted octanol–water partition coefficient (Wildman–Crippen LogP) is 4.65. The van der Waals surface area contributed by atoms with Gasteiger partial charge in [-0.2, -0.15) is 0 Å². The normalized spacial score (nSPS) is 16.4. The van der Waals surface area contributed by atoms with Crippen molar-refractivity contribution in [3.63, 3.8) is 0 Å². The fourth-order valence-electron chi connectivity index (χ4n) is 3.80. The van der Waals surface area contributed by atoms with Crippen LogP contribution in [0.1, 0.15) is 29.5 Å². The molecule has 1 aliphatic heterocycles. The third-order valence-electron chi connectivity index (χ3n) is 5.31. The van der Waals surface area contributed by atoms with Gasteiger partial charge in [-0.25, -0.2) is 17.4 Å². The number of aryl methyl sites for hydroxylation is 2. The third-order valence-corrected chi connectivity index (χ3v) is 7.04. The molecule has 0 spiro atoms. The topological polar surface area (TPSA) is 61.2 Å². The maximum Gasteiger partial charge on any atom is 0.269 e. The van der Waals surface area contributed by atoms with E-state index in [0.29, 0.717) is 23.3 Å². The zero-order valence-corrected chi connectivity index (χ0v) is 16.8. The van der Waals surface area contributed by atoms with Crippen LogP contribution >= 0.6 is 0 Å². The van der Waals surface area contributed by atoms with Crippen molar-refractivity contribution in [2.24, 2.45) is 0 Å². The number of rotatable bonds is 3. The molecule has 1 atom stereocenters. The van der Waals surface area contributed by atoms with Crippen molar-refractivity contribution in [2.45, 2.75) is 30.8 Å². The van der Waals surface area contributed by atoms with E-state index in [9.17, 15) is 8.42 Å². The molecular formula is C23H20N2O3S. The van der Waals surface area contributed by atoms with E-state index in [4.69, 9.17) is 4.74 Å². The van der Waals surface area contributed by atoms with E-state index in [1.54, 1.807) is 30.3 Å². The first-order chi connectivity index (χ1) is 14.0. The second kappa shape index (κ2) is 6.74. The lowest BCUT2D eigenvalue weighted by Gasteiger charge is -2.26. The summed E-state index contributed by atoms with van der Waals surface area (Å²) in [6, 6.07) is 22.1. The summed E-state index contributed by atoms with van der Waals surface area (Å²) < 4.78 is 34.7. The molecule has 6 heteroatoms. The monoisotopic (exact) mass is 404 g/mol. The maximum absolute atomic E-state index is 13.6. The van der Waals surface area contributed by atoms with Gasteiger partial charge in [-0.3, -0.25) is 0 Å². The number of aromatic nitrogens is 2. The van der Waals surface area contributed by atoms with Crippen molar-refractivity contribution in [1.29, 1.82) is 0 Å². The van der Waals surface area contributed by atoms with Crippen molar-refractivity contribution in [2.75, 3.05) is 0 Å². The highest BCUT2D eigenvalue weighted by Gasteiger charge is 2.31. The molecular weight excluding hydrogens is 384 g/mol. The number of hydrogen-bond acceptors (Lipinski definition) is 4. The Morgan fingerprint density at radius 1 is 0.966 bits per heavy atom. The van der Waals surface area contributed by atoms with Crippen molar-refractivity contribution in [3.05, 3.63) is 89.7 Å². The van der Waals surface area contributed by atoms with E-state index in [-0.39, 0.29) is 4.90 Å². The second-order valence-electron chi connectivity index (χ2n) is 7.29. The Kier molecular flexibility index (Phi) is 4.17. The minimum atomic E-state index is -3.82. The summed E-state index contributed by atoms with van der Waals surface area (Å²) in [6.45, 7) is 1.93. The smallest absolute Gasteiger partial charge is 0.269 e. The molecule has 0 bridgehead atoms. The molecule has 5 rings (SSSR count). The number of nitrogens with zero attached hydrogens (tertiary/aromatic N) is 2. The largest absolute Gasteiger partial charge is 0.482 e. The maximum atomic E-state index is 13.6. The molecule has 2 heterocycles. The van der Waals surface area contributed by atoms with Crippen LogP contribution < -0.4 is 4.74 Å². The Labute approximate surface area is 169 Å². The highest BCUT2D eigenvalue weighted by atomic mass is 32.2. The van der Waals surface area contributed by atoms with Crippen LogP contribution in [-0.4, -0.2) is 17.4 Å². The average Bonchev–Trinajstić information content (AvgIpc) is 3.14. The molecule has 3 aromatic carbocycles. The molecule has 5 nitrogen and oxygen atoms in total. The fraction of sp³-hybridized carbons (Fsp3) is 0.174. The van der Waals surface area contributed by atoms with Gasteiger partial charge in [0.05, 0.1) is 15.9 Å². The highest BCUT2D eigenvalue weighted by molar-refractivity contribution is 7.90. The van der Waals surface area contributed by atoms with Crippen LogP contribution in [0.5, 0.6) is 5.75 Å². The van der Waals surface area contributed by atoms with Gasteiger partial charge in [0, 0.05) is 0 Å². The Balaban J connectivity index is 1.69. The minimum absolute atomic E-state index is 0.240. The summed E-state index contributed by atoms with van der Waals surface area (Å²) in [6.07, 6.45) is 1.05. The number of fused-ring (bicyclic) bond motifs is 2. The first-order valence-corrected chi connectivity index (χ1v) is 11.0. The van der Waals surface area contributed by atoms with Crippen LogP contribution in [0.15, 0.2) is 77.7 Å². The Morgan fingerprint density at radius 2 is 1.69 bits per heavy atom. The van der Waals surface area contributed by atoms with Gasteiger partial charge in [0.15, 0.2) is 11.9 Å². The number of benzene rings is 3. The summed E-state index contributed by atoms with van der Waals surface area (Å²) in [5.41, 5.74) is 3.34. The third kappa shape index (κ3) is 3.00. The van der Waals surface area contributed by atoms with E-state index in [1.165, 1.54) is 3.97 Å². The van der Waals surface area contributed by atoms with Gasteiger partial charge in [-0.1, -0.05) is 48.0 Å². The van der Waals surface area contributed by atoms with Gasteiger partial charge in [0.1, 0.15) is 5.75 Å². The van der Waals surface area contributed by atoms with Crippen molar-refractivity contribution >= 4 is 21.1 Å². The van der Waals surface area contributed by atoms with Crippen LogP contribution in [0, 0.1) is 6.92 Å². The Bertz CT molecular complexity index is 1310. The van der Waals surface area contributed by atoms with E-state index in [0.717, 1.165) is 23.3 Å². The lowest BCUT2D eigenvalue weighted by atomic mass is 10.0. The average molecular weight is 404 g/mol. The zero-order valence-electron chi connectivity index (χ0n) is 15.9. The molecule has 0 radical (unpaired) electrons.